The first-order valence-electron chi connectivity index (χ1n) is 6.95. The molecule has 0 N–H and O–H groups in total. The maximum absolute atomic E-state index is 5.73. The van der Waals surface area contributed by atoms with Crippen molar-refractivity contribution in [1.82, 2.24) is 0 Å². The van der Waals surface area contributed by atoms with E-state index in [0.29, 0.717) is 6.10 Å². The van der Waals surface area contributed by atoms with Gasteiger partial charge in [0.2, 0.25) is 0 Å². The second kappa shape index (κ2) is 6.02. The minimum absolute atomic E-state index is 0.566. The summed E-state index contributed by atoms with van der Waals surface area (Å²) in [6.07, 6.45) is 8.41. The van der Waals surface area contributed by atoms with Gasteiger partial charge in [-0.3, -0.25) is 0 Å². The van der Waals surface area contributed by atoms with Crippen LogP contribution in [0.5, 0.6) is 0 Å². The van der Waals surface area contributed by atoms with Crippen LogP contribution < -0.4 is 0 Å². The molecule has 1 unspecified atom stereocenters. The molecule has 0 saturated heterocycles. The summed E-state index contributed by atoms with van der Waals surface area (Å²) in [7, 11) is 1.84. The van der Waals surface area contributed by atoms with Crippen LogP contribution in [0, 0.1) is 17.8 Å². The van der Waals surface area contributed by atoms with Crippen LogP contribution in [0.15, 0.2) is 0 Å². The van der Waals surface area contributed by atoms with Crippen LogP contribution in [0.3, 0.4) is 0 Å². The van der Waals surface area contributed by atoms with E-state index in [2.05, 4.69) is 6.92 Å². The Kier molecular flexibility index (Phi) is 4.66. The standard InChI is InChI=1S/C14H26O2/c1-3-4-5-6-16-10-12-9-14(12)11-7-13(8-11)15-2/h11-14H,3-10H2,1-2H3/t11?,12-,13?,14?/m0/s1. The van der Waals surface area contributed by atoms with Crippen LogP contribution >= 0.6 is 0 Å². The molecule has 2 aliphatic rings. The van der Waals surface area contributed by atoms with E-state index in [-0.39, 0.29) is 0 Å². The van der Waals surface area contributed by atoms with E-state index in [1.165, 1.54) is 38.5 Å². The van der Waals surface area contributed by atoms with Crippen molar-refractivity contribution < 1.29 is 9.47 Å². The zero-order valence-corrected chi connectivity index (χ0v) is 10.8. The minimum atomic E-state index is 0.566. The van der Waals surface area contributed by atoms with Gasteiger partial charge in [-0.1, -0.05) is 19.8 Å². The lowest BCUT2D eigenvalue weighted by molar-refractivity contribution is -0.0104. The summed E-state index contributed by atoms with van der Waals surface area (Å²) < 4.78 is 11.1. The van der Waals surface area contributed by atoms with Gasteiger partial charge in [0.1, 0.15) is 0 Å². The average molecular weight is 226 g/mol. The third-order valence-corrected chi connectivity index (χ3v) is 4.27. The van der Waals surface area contributed by atoms with Gasteiger partial charge in [-0.25, -0.2) is 0 Å². The molecule has 0 heterocycles. The number of hydrogen-bond donors (Lipinski definition) is 0. The summed E-state index contributed by atoms with van der Waals surface area (Å²) in [6.45, 7) is 4.23. The molecule has 2 heteroatoms. The first kappa shape index (κ1) is 12.4. The lowest BCUT2D eigenvalue weighted by Gasteiger charge is -2.34. The summed E-state index contributed by atoms with van der Waals surface area (Å²) in [5.74, 6) is 2.80. The number of unbranched alkanes of at least 4 members (excludes halogenated alkanes) is 2. The molecule has 94 valence electrons. The predicted molar refractivity (Wildman–Crippen MR) is 65.5 cm³/mol. The second-order valence-electron chi connectivity index (χ2n) is 5.53. The molecule has 2 atom stereocenters. The Bertz CT molecular complexity index is 199. The maximum atomic E-state index is 5.73. The lowest BCUT2D eigenvalue weighted by Crippen LogP contribution is -2.32. The highest BCUT2D eigenvalue weighted by Crippen LogP contribution is 2.52. The Morgan fingerprint density at radius 3 is 2.62 bits per heavy atom. The van der Waals surface area contributed by atoms with Crippen molar-refractivity contribution in [3.63, 3.8) is 0 Å². The van der Waals surface area contributed by atoms with Gasteiger partial charge in [-0.15, -0.1) is 0 Å². The third-order valence-electron chi connectivity index (χ3n) is 4.27. The molecular weight excluding hydrogens is 200 g/mol. The first-order valence-corrected chi connectivity index (χ1v) is 6.95. The maximum Gasteiger partial charge on any atom is 0.0576 e. The molecule has 0 aliphatic heterocycles. The molecule has 0 radical (unpaired) electrons. The largest absolute Gasteiger partial charge is 0.381 e. The molecule has 2 saturated carbocycles. The summed E-state index contributed by atoms with van der Waals surface area (Å²) in [6, 6.07) is 0. The van der Waals surface area contributed by atoms with Gasteiger partial charge >= 0.3 is 0 Å². The molecule has 16 heavy (non-hydrogen) atoms. The van der Waals surface area contributed by atoms with E-state index in [1.807, 2.05) is 7.11 Å². The fraction of sp³-hybridized carbons (Fsp3) is 1.00. The van der Waals surface area contributed by atoms with Crippen molar-refractivity contribution in [2.75, 3.05) is 20.3 Å². The van der Waals surface area contributed by atoms with Gasteiger partial charge in [0.25, 0.3) is 0 Å². The quantitative estimate of drug-likeness (QED) is 0.591. The van der Waals surface area contributed by atoms with Crippen molar-refractivity contribution in [3.05, 3.63) is 0 Å². The molecule has 2 fully saturated rings. The van der Waals surface area contributed by atoms with Crippen LogP contribution in [-0.4, -0.2) is 26.4 Å². The monoisotopic (exact) mass is 226 g/mol. The van der Waals surface area contributed by atoms with Gasteiger partial charge in [0.15, 0.2) is 0 Å². The van der Waals surface area contributed by atoms with Gasteiger partial charge in [0, 0.05) is 20.3 Å². The zero-order valence-electron chi connectivity index (χ0n) is 10.8. The Balaban J connectivity index is 1.46. The van der Waals surface area contributed by atoms with Gasteiger partial charge in [-0.2, -0.15) is 0 Å². The number of methoxy groups -OCH3 is 1. The predicted octanol–water partition coefficient (Wildman–Crippen LogP) is 3.25. The first-order chi connectivity index (χ1) is 7.85. The molecule has 0 amide bonds. The molecule has 2 rings (SSSR count). The minimum Gasteiger partial charge on any atom is -0.381 e. The van der Waals surface area contributed by atoms with E-state index in [9.17, 15) is 0 Å². The normalized spacial score (nSPS) is 37.1. The Labute approximate surface area is 99.7 Å². The Morgan fingerprint density at radius 2 is 1.94 bits per heavy atom. The van der Waals surface area contributed by atoms with Crippen molar-refractivity contribution in [2.45, 2.75) is 51.6 Å². The van der Waals surface area contributed by atoms with Crippen LogP contribution in [0.4, 0.5) is 0 Å². The third kappa shape index (κ3) is 3.21. The van der Waals surface area contributed by atoms with Crippen LogP contribution in [-0.2, 0) is 9.47 Å². The highest BCUT2D eigenvalue weighted by atomic mass is 16.5. The van der Waals surface area contributed by atoms with Crippen molar-refractivity contribution >= 4 is 0 Å². The van der Waals surface area contributed by atoms with E-state index in [1.54, 1.807) is 0 Å². The summed E-state index contributed by atoms with van der Waals surface area (Å²) in [5, 5.41) is 0. The molecule has 0 bridgehead atoms. The Hall–Kier alpha value is -0.0800. The van der Waals surface area contributed by atoms with E-state index in [4.69, 9.17) is 9.47 Å². The van der Waals surface area contributed by atoms with Crippen molar-refractivity contribution in [3.8, 4) is 0 Å². The van der Waals surface area contributed by atoms with Crippen LogP contribution in [0.2, 0.25) is 0 Å². The summed E-state index contributed by atoms with van der Waals surface area (Å²) in [5.41, 5.74) is 0. The molecule has 0 spiro atoms. The van der Waals surface area contributed by atoms with E-state index < -0.39 is 0 Å². The number of ether oxygens (including phenoxy) is 2. The highest BCUT2D eigenvalue weighted by Gasteiger charge is 2.47. The van der Waals surface area contributed by atoms with Gasteiger partial charge in [0.05, 0.1) is 6.10 Å². The number of rotatable bonds is 8. The SMILES string of the molecule is CCCCCOC[C@@H]1CC1C1CC(OC)C1. The topological polar surface area (TPSA) is 18.5 Å². The van der Waals surface area contributed by atoms with E-state index >= 15 is 0 Å². The smallest absolute Gasteiger partial charge is 0.0576 e. The molecule has 2 aliphatic carbocycles. The fourth-order valence-corrected chi connectivity index (χ4v) is 2.88. The molecule has 0 aromatic heterocycles. The molecule has 0 aromatic rings. The van der Waals surface area contributed by atoms with Crippen LogP contribution in [0.25, 0.3) is 0 Å². The fourth-order valence-electron chi connectivity index (χ4n) is 2.88. The van der Waals surface area contributed by atoms with Gasteiger partial charge in [-0.05, 0) is 43.4 Å². The van der Waals surface area contributed by atoms with Crippen molar-refractivity contribution in [1.29, 1.82) is 0 Å². The molecule has 2 nitrogen and oxygen atoms in total. The molecule has 0 aromatic carbocycles. The lowest BCUT2D eigenvalue weighted by atomic mass is 9.78. The summed E-state index contributed by atoms with van der Waals surface area (Å²) in [4.78, 5) is 0. The Morgan fingerprint density at radius 1 is 1.12 bits per heavy atom. The molecular formula is C14H26O2. The van der Waals surface area contributed by atoms with E-state index in [0.717, 1.165) is 31.0 Å². The number of hydrogen-bond acceptors (Lipinski definition) is 2. The highest BCUT2D eigenvalue weighted by molar-refractivity contribution is 4.97. The summed E-state index contributed by atoms with van der Waals surface area (Å²) >= 11 is 0. The average Bonchev–Trinajstić information content (AvgIpc) is 2.96. The second-order valence-corrected chi connectivity index (χ2v) is 5.53. The van der Waals surface area contributed by atoms with Crippen LogP contribution in [0.1, 0.15) is 45.4 Å². The van der Waals surface area contributed by atoms with Crippen molar-refractivity contribution in [2.24, 2.45) is 17.8 Å². The van der Waals surface area contributed by atoms with Gasteiger partial charge < -0.3 is 9.47 Å². The zero-order chi connectivity index (χ0) is 11.4.